The second-order valence-corrected chi connectivity index (χ2v) is 5.70. The zero-order chi connectivity index (χ0) is 17.6. The van der Waals surface area contributed by atoms with Gasteiger partial charge in [0.05, 0.1) is 40.8 Å². The van der Waals surface area contributed by atoms with Crippen LogP contribution in [0.5, 0.6) is 0 Å². The number of nitrogens with two attached hydrogens (primary N) is 1. The molecule has 126 valence electrons. The summed E-state index contributed by atoms with van der Waals surface area (Å²) in [4.78, 5) is 36.0. The van der Waals surface area contributed by atoms with Crippen LogP contribution < -0.4 is 5.73 Å². The Bertz CT molecular complexity index is 632. The average Bonchev–Trinajstić information content (AvgIpc) is 2.89. The molecule has 0 fully saturated rings. The van der Waals surface area contributed by atoms with E-state index < -0.39 is 23.5 Å². The minimum Gasteiger partial charge on any atom is -0.465 e. The molecule has 0 unspecified atom stereocenters. The number of hydrogen-bond acceptors (Lipinski definition) is 8. The van der Waals surface area contributed by atoms with Crippen molar-refractivity contribution < 1.29 is 28.6 Å². The molecule has 1 aromatic heterocycles. The number of carbonyl (C=O) groups is 3. The van der Waals surface area contributed by atoms with E-state index in [-0.39, 0.29) is 33.7 Å². The molecule has 0 saturated carbocycles. The van der Waals surface area contributed by atoms with Crippen molar-refractivity contribution in [1.82, 2.24) is 0 Å². The van der Waals surface area contributed by atoms with Crippen LogP contribution in [0, 0.1) is 0 Å². The minimum atomic E-state index is -0.941. The van der Waals surface area contributed by atoms with Crippen LogP contribution in [0.25, 0.3) is 5.70 Å². The van der Waals surface area contributed by atoms with Gasteiger partial charge in [0.15, 0.2) is 5.57 Å². The monoisotopic (exact) mass is 361 g/mol. The van der Waals surface area contributed by atoms with Crippen molar-refractivity contribution in [3.63, 3.8) is 0 Å². The lowest BCUT2D eigenvalue weighted by molar-refractivity contribution is -0.146. The summed E-state index contributed by atoms with van der Waals surface area (Å²) >= 11 is 6.83. The molecule has 0 aromatic carbocycles. The van der Waals surface area contributed by atoms with Crippen LogP contribution in [0.4, 0.5) is 0 Å². The molecule has 2 N–H and O–H groups in total. The largest absolute Gasteiger partial charge is 0.465 e. The van der Waals surface area contributed by atoms with E-state index in [2.05, 4.69) is 4.74 Å². The highest BCUT2D eigenvalue weighted by Gasteiger charge is 2.29. The summed E-state index contributed by atoms with van der Waals surface area (Å²) in [5.74, 6) is -2.58. The first-order valence-corrected chi connectivity index (χ1v) is 7.78. The van der Waals surface area contributed by atoms with Gasteiger partial charge in [-0.1, -0.05) is 11.6 Å². The third-order valence-corrected chi connectivity index (χ3v) is 3.88. The number of carbonyl (C=O) groups excluding carboxylic acids is 3. The lowest BCUT2D eigenvalue weighted by Gasteiger charge is -2.10. The molecule has 0 spiro atoms. The highest BCUT2D eigenvalue weighted by Crippen LogP contribution is 2.32. The number of ether oxygens (including phenoxy) is 3. The van der Waals surface area contributed by atoms with Gasteiger partial charge in [-0.3, -0.25) is 0 Å². The molecular weight excluding hydrogens is 346 g/mol. The molecule has 1 rings (SSSR count). The fourth-order valence-corrected chi connectivity index (χ4v) is 2.82. The van der Waals surface area contributed by atoms with Crippen molar-refractivity contribution in [2.75, 3.05) is 20.3 Å². The Morgan fingerprint density at radius 2 is 1.70 bits per heavy atom. The molecule has 0 radical (unpaired) electrons. The first-order valence-electron chi connectivity index (χ1n) is 6.59. The van der Waals surface area contributed by atoms with E-state index in [0.717, 1.165) is 11.3 Å². The maximum Gasteiger partial charge on any atom is 0.347 e. The van der Waals surface area contributed by atoms with E-state index >= 15 is 0 Å². The molecule has 0 amide bonds. The highest BCUT2D eigenvalue weighted by atomic mass is 35.5. The van der Waals surface area contributed by atoms with E-state index in [0.29, 0.717) is 0 Å². The fraction of sp³-hybridized carbons (Fsp3) is 0.357. The maximum absolute atomic E-state index is 12.0. The first kappa shape index (κ1) is 19.0. The number of thiophene rings is 1. The summed E-state index contributed by atoms with van der Waals surface area (Å²) in [5.41, 5.74) is 5.24. The topological polar surface area (TPSA) is 105 Å². The Hall–Kier alpha value is -2.06. The lowest BCUT2D eigenvalue weighted by Crippen LogP contribution is -2.23. The lowest BCUT2D eigenvalue weighted by atomic mass is 10.1. The maximum atomic E-state index is 12.0. The molecular formula is C14H16ClNO6S. The smallest absolute Gasteiger partial charge is 0.347 e. The normalized spacial score (nSPS) is 9.91. The second kappa shape index (κ2) is 8.54. The van der Waals surface area contributed by atoms with Crippen molar-refractivity contribution in [2.24, 2.45) is 5.73 Å². The number of methoxy groups -OCH3 is 1. The van der Waals surface area contributed by atoms with Crippen LogP contribution in [0.2, 0.25) is 4.34 Å². The number of esters is 3. The molecule has 0 saturated heterocycles. The molecule has 9 heteroatoms. The summed E-state index contributed by atoms with van der Waals surface area (Å²) in [6.07, 6.45) is 0. The third-order valence-electron chi connectivity index (χ3n) is 2.58. The first-order chi connectivity index (χ1) is 10.9. The Balaban J connectivity index is 3.49. The fourth-order valence-electron chi connectivity index (χ4n) is 1.65. The highest BCUT2D eigenvalue weighted by molar-refractivity contribution is 7.17. The summed E-state index contributed by atoms with van der Waals surface area (Å²) in [6, 6.07) is 1.34. The zero-order valence-corrected chi connectivity index (χ0v) is 14.4. The van der Waals surface area contributed by atoms with Gasteiger partial charge in [-0.25, -0.2) is 14.4 Å². The zero-order valence-electron chi connectivity index (χ0n) is 12.8. The van der Waals surface area contributed by atoms with Gasteiger partial charge >= 0.3 is 17.9 Å². The second-order valence-electron chi connectivity index (χ2n) is 4.01. The average molecular weight is 362 g/mol. The van der Waals surface area contributed by atoms with E-state index in [4.69, 9.17) is 26.8 Å². The van der Waals surface area contributed by atoms with Crippen molar-refractivity contribution >= 4 is 46.5 Å². The van der Waals surface area contributed by atoms with Gasteiger partial charge in [0.25, 0.3) is 0 Å². The summed E-state index contributed by atoms with van der Waals surface area (Å²) in [7, 11) is 1.19. The van der Waals surface area contributed by atoms with Crippen molar-refractivity contribution in [2.45, 2.75) is 13.8 Å². The molecule has 1 heterocycles. The number of rotatable bonds is 6. The van der Waals surface area contributed by atoms with Gasteiger partial charge in [-0.15, -0.1) is 11.3 Å². The Labute approximate surface area is 141 Å². The van der Waals surface area contributed by atoms with Crippen molar-refractivity contribution in [3.8, 4) is 0 Å². The van der Waals surface area contributed by atoms with Gasteiger partial charge < -0.3 is 19.9 Å². The SMILES string of the molecule is CCOC(=O)C(C(=O)OCC)=C(N)c1sc(Cl)cc1C(=O)OC. The van der Waals surface area contributed by atoms with Crippen LogP contribution in [-0.2, 0) is 23.8 Å². The van der Waals surface area contributed by atoms with Gasteiger partial charge in [-0.2, -0.15) is 0 Å². The van der Waals surface area contributed by atoms with Crippen LogP contribution in [0.1, 0.15) is 29.1 Å². The van der Waals surface area contributed by atoms with Gasteiger partial charge in [0.2, 0.25) is 0 Å². The van der Waals surface area contributed by atoms with Crippen LogP contribution in [-0.4, -0.2) is 38.2 Å². The van der Waals surface area contributed by atoms with Crippen LogP contribution in [0.15, 0.2) is 11.6 Å². The molecule has 0 bridgehead atoms. The van der Waals surface area contributed by atoms with Gasteiger partial charge in [-0.05, 0) is 19.9 Å². The minimum absolute atomic E-state index is 0.0457. The molecule has 1 aromatic rings. The number of halogens is 1. The standard InChI is InChI=1S/C14H16ClNO6S/c1-4-21-13(18)9(14(19)22-5-2)10(16)11-7(12(17)20-3)6-8(15)23-11/h6H,4-5,16H2,1-3H3. The number of hydrogen-bond donors (Lipinski definition) is 1. The Kier molecular flexibility index (Phi) is 7.05. The predicted octanol–water partition coefficient (Wildman–Crippen LogP) is 1.98. The third kappa shape index (κ3) is 4.46. The quantitative estimate of drug-likeness (QED) is 0.271. The van der Waals surface area contributed by atoms with Crippen molar-refractivity contribution in [1.29, 1.82) is 0 Å². The summed E-state index contributed by atoms with van der Waals surface area (Å²) < 4.78 is 14.5. The molecule has 23 heavy (non-hydrogen) atoms. The van der Waals surface area contributed by atoms with Crippen molar-refractivity contribution in [3.05, 3.63) is 26.4 Å². The predicted molar refractivity (Wildman–Crippen MR) is 85.0 cm³/mol. The molecule has 0 aliphatic heterocycles. The summed E-state index contributed by atoms with van der Waals surface area (Å²) in [6.45, 7) is 3.26. The van der Waals surface area contributed by atoms with Gasteiger partial charge in [0.1, 0.15) is 0 Å². The molecule has 0 aliphatic carbocycles. The summed E-state index contributed by atoms with van der Waals surface area (Å²) in [5, 5.41) is 0. The van der Waals surface area contributed by atoms with Gasteiger partial charge in [0, 0.05) is 0 Å². The van der Waals surface area contributed by atoms with E-state index in [1.165, 1.54) is 13.2 Å². The molecule has 0 aliphatic rings. The van der Waals surface area contributed by atoms with Crippen LogP contribution in [0.3, 0.4) is 0 Å². The van der Waals surface area contributed by atoms with Crippen LogP contribution >= 0.6 is 22.9 Å². The molecule has 0 atom stereocenters. The molecule has 7 nitrogen and oxygen atoms in total. The van der Waals surface area contributed by atoms with E-state index in [1.807, 2.05) is 0 Å². The Morgan fingerprint density at radius 3 is 2.13 bits per heavy atom. The van der Waals surface area contributed by atoms with E-state index in [9.17, 15) is 14.4 Å². The van der Waals surface area contributed by atoms with E-state index in [1.54, 1.807) is 13.8 Å². The Morgan fingerprint density at radius 1 is 1.17 bits per heavy atom.